The van der Waals surface area contributed by atoms with Crippen LogP contribution in [0.25, 0.3) is 0 Å². The summed E-state index contributed by atoms with van der Waals surface area (Å²) >= 11 is 1.52. The Bertz CT molecular complexity index is 593. The van der Waals surface area contributed by atoms with Gasteiger partial charge in [-0.1, -0.05) is 17.7 Å². The first-order valence-electron chi connectivity index (χ1n) is 5.90. The molecular formula is C14H16N2O2S. The molecule has 0 saturated heterocycles. The minimum absolute atomic E-state index is 0.0170. The molecule has 0 unspecified atom stereocenters. The maximum atomic E-state index is 12.2. The lowest BCUT2D eigenvalue weighted by atomic mass is 10.2. The highest BCUT2D eigenvalue weighted by Gasteiger charge is 2.17. The molecule has 0 spiro atoms. The summed E-state index contributed by atoms with van der Waals surface area (Å²) in [7, 11) is 3.29. The van der Waals surface area contributed by atoms with Crippen molar-refractivity contribution in [3.8, 4) is 5.75 Å². The molecule has 2 aromatic rings. The molecule has 0 bridgehead atoms. The molecule has 0 aliphatic heterocycles. The van der Waals surface area contributed by atoms with E-state index in [1.807, 2.05) is 25.1 Å². The molecule has 0 N–H and O–H groups in total. The molecule has 1 heterocycles. The monoisotopic (exact) mass is 276 g/mol. The molecule has 0 atom stereocenters. The van der Waals surface area contributed by atoms with Crippen LogP contribution in [0.15, 0.2) is 35.4 Å². The Hall–Kier alpha value is -1.75. The zero-order chi connectivity index (χ0) is 13.8. The zero-order valence-corrected chi connectivity index (χ0v) is 12.0. The van der Waals surface area contributed by atoms with E-state index in [4.69, 9.17) is 4.74 Å². The lowest BCUT2D eigenvalue weighted by molar-refractivity contribution is 0.101. The van der Waals surface area contributed by atoms with Crippen LogP contribution >= 0.6 is 11.8 Å². The van der Waals surface area contributed by atoms with Crippen molar-refractivity contribution < 1.29 is 9.53 Å². The van der Waals surface area contributed by atoms with Crippen molar-refractivity contribution in [3.05, 3.63) is 41.7 Å². The van der Waals surface area contributed by atoms with E-state index in [0.717, 1.165) is 4.90 Å². The van der Waals surface area contributed by atoms with Crippen molar-refractivity contribution in [1.82, 2.24) is 9.78 Å². The van der Waals surface area contributed by atoms with Crippen LogP contribution in [0.5, 0.6) is 5.75 Å². The summed E-state index contributed by atoms with van der Waals surface area (Å²) in [4.78, 5) is 13.3. The lowest BCUT2D eigenvalue weighted by Crippen LogP contribution is -2.10. The van der Waals surface area contributed by atoms with Gasteiger partial charge < -0.3 is 4.74 Å². The van der Waals surface area contributed by atoms with Crippen LogP contribution in [0.4, 0.5) is 0 Å². The van der Waals surface area contributed by atoms with Crippen molar-refractivity contribution in [2.24, 2.45) is 7.05 Å². The number of hydrogen-bond acceptors (Lipinski definition) is 4. The Labute approximate surface area is 116 Å². The number of rotatable bonds is 5. The number of benzene rings is 1. The Balaban J connectivity index is 2.07. The molecule has 1 aromatic carbocycles. The van der Waals surface area contributed by atoms with E-state index >= 15 is 0 Å². The zero-order valence-electron chi connectivity index (χ0n) is 11.2. The van der Waals surface area contributed by atoms with Crippen molar-refractivity contribution in [3.63, 3.8) is 0 Å². The number of carbonyl (C=O) groups is 1. The average molecular weight is 276 g/mol. The predicted molar refractivity (Wildman–Crippen MR) is 76.0 cm³/mol. The third-order valence-electron chi connectivity index (χ3n) is 2.75. The molecule has 2 rings (SSSR count). The maximum absolute atomic E-state index is 12.2. The first-order valence-corrected chi connectivity index (χ1v) is 6.89. The average Bonchev–Trinajstić information content (AvgIpc) is 2.77. The van der Waals surface area contributed by atoms with Crippen LogP contribution in [-0.4, -0.2) is 28.4 Å². The third-order valence-corrected chi connectivity index (χ3v) is 3.74. The quantitative estimate of drug-likeness (QED) is 0.622. The Morgan fingerprint density at radius 1 is 1.47 bits per heavy atom. The number of carbonyl (C=O) groups excluding carboxylic acids is 1. The molecule has 0 saturated carbocycles. The van der Waals surface area contributed by atoms with Crippen LogP contribution in [0, 0.1) is 6.92 Å². The van der Waals surface area contributed by atoms with Gasteiger partial charge in [0.25, 0.3) is 0 Å². The van der Waals surface area contributed by atoms with Crippen LogP contribution in [0.2, 0.25) is 0 Å². The number of ketones is 1. The third kappa shape index (κ3) is 3.17. The Kier molecular flexibility index (Phi) is 4.27. The van der Waals surface area contributed by atoms with Crippen molar-refractivity contribution in [2.45, 2.75) is 11.8 Å². The van der Waals surface area contributed by atoms with Gasteiger partial charge in [0.2, 0.25) is 0 Å². The first kappa shape index (κ1) is 13.7. The van der Waals surface area contributed by atoms with Gasteiger partial charge in [0, 0.05) is 11.9 Å². The largest absolute Gasteiger partial charge is 0.493 e. The number of hydrogen-bond donors (Lipinski definition) is 0. The van der Waals surface area contributed by atoms with E-state index in [9.17, 15) is 4.79 Å². The predicted octanol–water partition coefficient (Wildman–Crippen LogP) is 2.71. The second-order valence-electron chi connectivity index (χ2n) is 4.21. The highest BCUT2D eigenvalue weighted by molar-refractivity contribution is 8.00. The smallest absolute Gasteiger partial charge is 0.194 e. The number of aromatic nitrogens is 2. The molecular weight excluding hydrogens is 260 g/mol. The number of aryl methyl sites for hydroxylation is 2. The van der Waals surface area contributed by atoms with Gasteiger partial charge in [-0.2, -0.15) is 5.10 Å². The lowest BCUT2D eigenvalue weighted by Gasteiger charge is -2.05. The SMILES string of the molecule is COc1cnn(C)c1C(=O)CSc1cccc(C)c1. The number of thioether (sulfide) groups is 1. The van der Waals surface area contributed by atoms with Crippen molar-refractivity contribution >= 4 is 17.5 Å². The minimum atomic E-state index is 0.0170. The Morgan fingerprint density at radius 2 is 2.26 bits per heavy atom. The molecule has 0 radical (unpaired) electrons. The number of methoxy groups -OCH3 is 1. The van der Waals surface area contributed by atoms with Crippen LogP contribution in [0.1, 0.15) is 16.1 Å². The molecule has 19 heavy (non-hydrogen) atoms. The molecule has 5 heteroatoms. The summed E-state index contributed by atoms with van der Waals surface area (Å²) in [5.41, 5.74) is 1.71. The highest BCUT2D eigenvalue weighted by atomic mass is 32.2. The summed E-state index contributed by atoms with van der Waals surface area (Å²) in [6.07, 6.45) is 1.56. The summed E-state index contributed by atoms with van der Waals surface area (Å²) in [5, 5.41) is 4.04. The van der Waals surface area contributed by atoms with Gasteiger partial charge in [-0.25, -0.2) is 0 Å². The normalized spacial score (nSPS) is 10.5. The molecule has 0 amide bonds. The topological polar surface area (TPSA) is 44.1 Å². The summed E-state index contributed by atoms with van der Waals surface area (Å²) in [6, 6.07) is 8.10. The minimum Gasteiger partial charge on any atom is -0.493 e. The van der Waals surface area contributed by atoms with Crippen LogP contribution < -0.4 is 4.74 Å². The first-order chi connectivity index (χ1) is 9.11. The second-order valence-corrected chi connectivity index (χ2v) is 5.26. The Morgan fingerprint density at radius 3 is 2.95 bits per heavy atom. The van der Waals surface area contributed by atoms with E-state index in [1.54, 1.807) is 25.0 Å². The highest BCUT2D eigenvalue weighted by Crippen LogP contribution is 2.23. The number of ether oxygens (including phenoxy) is 1. The van der Waals surface area contributed by atoms with E-state index in [2.05, 4.69) is 11.2 Å². The number of nitrogens with zero attached hydrogens (tertiary/aromatic N) is 2. The summed E-state index contributed by atoms with van der Waals surface area (Å²) < 4.78 is 6.70. The molecule has 0 aliphatic carbocycles. The molecule has 0 fully saturated rings. The number of Topliss-reactive ketones (excluding diaryl/α,β-unsaturated/α-hetero) is 1. The van der Waals surface area contributed by atoms with Gasteiger partial charge in [0.05, 0.1) is 19.1 Å². The fourth-order valence-corrected chi connectivity index (χ4v) is 2.69. The standard InChI is InChI=1S/C14H16N2O2S/c1-10-5-4-6-11(7-10)19-9-12(17)14-13(18-3)8-15-16(14)2/h4-8H,9H2,1-3H3. The summed E-state index contributed by atoms with van der Waals surface area (Å²) in [6.45, 7) is 2.04. The second kappa shape index (κ2) is 5.93. The molecule has 100 valence electrons. The molecule has 1 aromatic heterocycles. The van der Waals surface area contributed by atoms with E-state index in [1.165, 1.54) is 17.3 Å². The van der Waals surface area contributed by atoms with Gasteiger partial charge in [-0.05, 0) is 19.1 Å². The van der Waals surface area contributed by atoms with Crippen LogP contribution in [-0.2, 0) is 7.05 Å². The van der Waals surface area contributed by atoms with Gasteiger partial charge in [-0.15, -0.1) is 11.8 Å². The van der Waals surface area contributed by atoms with Gasteiger partial charge in [0.1, 0.15) is 5.69 Å². The molecule has 4 nitrogen and oxygen atoms in total. The fraction of sp³-hybridized carbons (Fsp3) is 0.286. The fourth-order valence-electron chi connectivity index (χ4n) is 1.81. The van der Waals surface area contributed by atoms with E-state index in [0.29, 0.717) is 17.2 Å². The molecule has 0 aliphatic rings. The maximum Gasteiger partial charge on any atom is 0.194 e. The van der Waals surface area contributed by atoms with Crippen molar-refractivity contribution in [2.75, 3.05) is 12.9 Å². The van der Waals surface area contributed by atoms with Crippen molar-refractivity contribution in [1.29, 1.82) is 0 Å². The van der Waals surface area contributed by atoms with Crippen LogP contribution in [0.3, 0.4) is 0 Å². The van der Waals surface area contributed by atoms with Gasteiger partial charge in [-0.3, -0.25) is 9.48 Å². The van der Waals surface area contributed by atoms with Gasteiger partial charge in [0.15, 0.2) is 11.5 Å². The van der Waals surface area contributed by atoms with E-state index in [-0.39, 0.29) is 5.78 Å². The van der Waals surface area contributed by atoms with Gasteiger partial charge >= 0.3 is 0 Å². The van der Waals surface area contributed by atoms with E-state index < -0.39 is 0 Å². The summed E-state index contributed by atoms with van der Waals surface area (Å²) in [5.74, 6) is 0.917.